The van der Waals surface area contributed by atoms with Gasteiger partial charge in [0.2, 0.25) is 5.89 Å². The fraction of sp³-hybridized carbons (Fsp3) is 0.316. The minimum atomic E-state index is 0. The standard InChI is InChI=1S/C19H24N6O.HI/c1-3-21-19(22-9-11-25-10-8-20-14-25)23-12-17-13-26-18(24-17)16-6-4-15(2)5-7-16;/h4-8,10,13-14H,3,9,11-12H2,1-2H3,(H2,21,22,23);1H. The van der Waals surface area contributed by atoms with Crippen LogP contribution in [-0.4, -0.2) is 33.6 Å². The summed E-state index contributed by atoms with van der Waals surface area (Å²) in [6.07, 6.45) is 7.17. The Morgan fingerprint density at radius 1 is 1.22 bits per heavy atom. The highest BCUT2D eigenvalue weighted by Crippen LogP contribution is 2.19. The lowest BCUT2D eigenvalue weighted by atomic mass is 10.1. The molecule has 2 N–H and O–H groups in total. The van der Waals surface area contributed by atoms with Crippen molar-refractivity contribution < 1.29 is 4.42 Å². The lowest BCUT2D eigenvalue weighted by Gasteiger charge is -2.11. The molecule has 2 aromatic heterocycles. The monoisotopic (exact) mass is 480 g/mol. The molecule has 3 aromatic rings. The maximum absolute atomic E-state index is 5.58. The van der Waals surface area contributed by atoms with E-state index in [9.17, 15) is 0 Å². The van der Waals surface area contributed by atoms with Crippen molar-refractivity contribution in [2.75, 3.05) is 13.1 Å². The zero-order valence-corrected chi connectivity index (χ0v) is 17.9. The quantitative estimate of drug-likeness (QED) is 0.309. The molecule has 0 spiro atoms. The summed E-state index contributed by atoms with van der Waals surface area (Å²) in [6, 6.07) is 8.11. The highest BCUT2D eigenvalue weighted by Gasteiger charge is 2.06. The summed E-state index contributed by atoms with van der Waals surface area (Å²) in [5.41, 5.74) is 2.98. The first-order chi connectivity index (χ1) is 12.7. The van der Waals surface area contributed by atoms with Gasteiger partial charge >= 0.3 is 0 Å². The predicted octanol–water partition coefficient (Wildman–Crippen LogP) is 3.22. The molecule has 1 aromatic carbocycles. The number of guanidine groups is 1. The molecule has 0 unspecified atom stereocenters. The van der Waals surface area contributed by atoms with Crippen LogP contribution in [0, 0.1) is 6.92 Å². The molecule has 8 heteroatoms. The van der Waals surface area contributed by atoms with Gasteiger partial charge in [-0.2, -0.15) is 0 Å². The van der Waals surface area contributed by atoms with Crippen LogP contribution in [0.3, 0.4) is 0 Å². The van der Waals surface area contributed by atoms with Crippen molar-refractivity contribution in [2.45, 2.75) is 26.9 Å². The summed E-state index contributed by atoms with van der Waals surface area (Å²) in [5, 5.41) is 6.54. The van der Waals surface area contributed by atoms with Crippen LogP contribution < -0.4 is 10.6 Å². The molecule has 27 heavy (non-hydrogen) atoms. The predicted molar refractivity (Wildman–Crippen MR) is 117 cm³/mol. The molecule has 0 bridgehead atoms. The van der Waals surface area contributed by atoms with Gasteiger partial charge in [0, 0.05) is 37.6 Å². The number of rotatable bonds is 7. The second kappa shape index (κ2) is 10.7. The summed E-state index contributed by atoms with van der Waals surface area (Å²) in [7, 11) is 0. The summed E-state index contributed by atoms with van der Waals surface area (Å²) in [5.74, 6) is 1.38. The molecule has 0 radical (unpaired) electrons. The number of aryl methyl sites for hydroxylation is 1. The van der Waals surface area contributed by atoms with Crippen molar-refractivity contribution in [2.24, 2.45) is 4.99 Å². The Bertz CT molecular complexity index is 826. The van der Waals surface area contributed by atoms with Crippen LogP contribution in [0.5, 0.6) is 0 Å². The van der Waals surface area contributed by atoms with Crippen LogP contribution in [0.25, 0.3) is 11.5 Å². The van der Waals surface area contributed by atoms with Crippen LogP contribution in [0.15, 0.2) is 58.7 Å². The van der Waals surface area contributed by atoms with E-state index in [0.717, 1.165) is 36.9 Å². The summed E-state index contributed by atoms with van der Waals surface area (Å²) >= 11 is 0. The van der Waals surface area contributed by atoms with E-state index >= 15 is 0 Å². The lowest BCUT2D eigenvalue weighted by Crippen LogP contribution is -2.38. The minimum absolute atomic E-state index is 0. The van der Waals surface area contributed by atoms with E-state index in [0.29, 0.717) is 12.4 Å². The van der Waals surface area contributed by atoms with E-state index in [1.54, 1.807) is 18.8 Å². The molecule has 144 valence electrons. The Morgan fingerprint density at radius 3 is 2.74 bits per heavy atom. The van der Waals surface area contributed by atoms with Crippen molar-refractivity contribution in [1.82, 2.24) is 25.2 Å². The molecular formula is C19H25IN6O. The molecule has 0 atom stereocenters. The summed E-state index contributed by atoms with van der Waals surface area (Å²) in [6.45, 7) is 6.93. The number of nitrogens with one attached hydrogen (secondary N) is 2. The molecule has 0 aliphatic rings. The second-order valence-electron chi connectivity index (χ2n) is 5.93. The van der Waals surface area contributed by atoms with Crippen molar-refractivity contribution >= 4 is 29.9 Å². The first-order valence-corrected chi connectivity index (χ1v) is 8.74. The van der Waals surface area contributed by atoms with Crippen LogP contribution in [0.2, 0.25) is 0 Å². The second-order valence-corrected chi connectivity index (χ2v) is 5.93. The Hall–Kier alpha value is -2.36. The Morgan fingerprint density at radius 2 is 2.04 bits per heavy atom. The van der Waals surface area contributed by atoms with Crippen molar-refractivity contribution in [3.8, 4) is 11.5 Å². The number of benzene rings is 1. The fourth-order valence-corrected chi connectivity index (χ4v) is 2.43. The van der Waals surface area contributed by atoms with Gasteiger partial charge in [-0.3, -0.25) is 0 Å². The van der Waals surface area contributed by atoms with Crippen molar-refractivity contribution in [3.63, 3.8) is 0 Å². The highest BCUT2D eigenvalue weighted by molar-refractivity contribution is 14.0. The number of nitrogens with zero attached hydrogens (tertiary/aromatic N) is 4. The van der Waals surface area contributed by atoms with Crippen LogP contribution in [0.4, 0.5) is 0 Å². The van der Waals surface area contributed by atoms with E-state index < -0.39 is 0 Å². The molecule has 0 aliphatic heterocycles. The molecular weight excluding hydrogens is 455 g/mol. The molecule has 7 nitrogen and oxygen atoms in total. The Kier molecular flexibility index (Phi) is 8.31. The van der Waals surface area contributed by atoms with Crippen LogP contribution in [-0.2, 0) is 13.1 Å². The van der Waals surface area contributed by atoms with Gasteiger partial charge < -0.3 is 19.6 Å². The number of aromatic nitrogens is 3. The first-order valence-electron chi connectivity index (χ1n) is 8.74. The average molecular weight is 480 g/mol. The fourth-order valence-electron chi connectivity index (χ4n) is 2.43. The van der Waals surface area contributed by atoms with Gasteiger partial charge in [-0.05, 0) is 26.0 Å². The SMILES string of the molecule is CCNC(=NCc1coc(-c2ccc(C)cc2)n1)NCCn1ccnc1.I. The number of halogens is 1. The molecule has 0 saturated carbocycles. The maximum Gasteiger partial charge on any atom is 0.226 e. The zero-order chi connectivity index (χ0) is 18.2. The van der Waals surface area contributed by atoms with E-state index in [-0.39, 0.29) is 24.0 Å². The number of hydrogen-bond donors (Lipinski definition) is 2. The van der Waals surface area contributed by atoms with Gasteiger partial charge in [0.1, 0.15) is 12.0 Å². The number of oxazole rings is 1. The Labute approximate surface area is 176 Å². The molecule has 0 amide bonds. The van der Waals surface area contributed by atoms with Crippen molar-refractivity contribution in [1.29, 1.82) is 0 Å². The Balaban J connectivity index is 0.00000261. The van der Waals surface area contributed by atoms with Gasteiger partial charge in [0.15, 0.2) is 5.96 Å². The van der Waals surface area contributed by atoms with Gasteiger partial charge in [-0.15, -0.1) is 24.0 Å². The van der Waals surface area contributed by atoms with Gasteiger partial charge in [0.05, 0.1) is 12.9 Å². The van der Waals surface area contributed by atoms with E-state index in [2.05, 4.69) is 32.5 Å². The number of imidazole rings is 1. The minimum Gasteiger partial charge on any atom is -0.444 e. The van der Waals surface area contributed by atoms with E-state index in [1.807, 2.05) is 42.0 Å². The van der Waals surface area contributed by atoms with Crippen LogP contribution >= 0.6 is 24.0 Å². The molecule has 3 rings (SSSR count). The van der Waals surface area contributed by atoms with E-state index in [1.165, 1.54) is 5.56 Å². The summed E-state index contributed by atoms with van der Waals surface area (Å²) < 4.78 is 7.60. The number of hydrogen-bond acceptors (Lipinski definition) is 4. The average Bonchev–Trinajstić information content (AvgIpc) is 3.32. The lowest BCUT2D eigenvalue weighted by molar-refractivity contribution is 0.572. The van der Waals surface area contributed by atoms with Crippen molar-refractivity contribution in [3.05, 3.63) is 60.5 Å². The molecule has 2 heterocycles. The maximum atomic E-state index is 5.58. The highest BCUT2D eigenvalue weighted by atomic mass is 127. The third-order valence-corrected chi connectivity index (χ3v) is 3.82. The number of aliphatic imine (C=N–C) groups is 1. The normalized spacial score (nSPS) is 11.1. The van der Waals surface area contributed by atoms with Gasteiger partial charge in [0.25, 0.3) is 0 Å². The van der Waals surface area contributed by atoms with Gasteiger partial charge in [-0.1, -0.05) is 17.7 Å². The topological polar surface area (TPSA) is 80.3 Å². The molecule has 0 aliphatic carbocycles. The first kappa shape index (κ1) is 20.9. The smallest absolute Gasteiger partial charge is 0.226 e. The molecule has 0 fully saturated rings. The van der Waals surface area contributed by atoms with Crippen LogP contribution in [0.1, 0.15) is 18.2 Å². The largest absolute Gasteiger partial charge is 0.444 e. The van der Waals surface area contributed by atoms with E-state index in [4.69, 9.17) is 4.42 Å². The third kappa shape index (κ3) is 6.38. The molecule has 0 saturated heterocycles. The van der Waals surface area contributed by atoms with Gasteiger partial charge in [-0.25, -0.2) is 15.0 Å². The third-order valence-electron chi connectivity index (χ3n) is 3.82. The zero-order valence-electron chi connectivity index (χ0n) is 15.6. The summed E-state index contributed by atoms with van der Waals surface area (Å²) in [4.78, 5) is 13.1.